The first kappa shape index (κ1) is 20.7. The maximum atomic E-state index is 13.6. The van der Waals surface area contributed by atoms with Crippen LogP contribution in [0.15, 0.2) is 47.8 Å². The second-order valence-corrected chi connectivity index (χ2v) is 8.24. The fraction of sp³-hybridized carbons (Fsp3) is 0.273. The summed E-state index contributed by atoms with van der Waals surface area (Å²) < 4.78 is 16.4. The molecule has 168 valence electrons. The first-order chi connectivity index (χ1) is 15.9. The monoisotopic (exact) mass is 448 g/mol. The number of hydrogen-bond acceptors (Lipinski definition) is 7. The average molecular weight is 448 g/mol. The van der Waals surface area contributed by atoms with E-state index in [1.54, 1.807) is 22.7 Å². The Hall–Kier alpha value is -4.15. The molecule has 4 aromatic heterocycles. The van der Waals surface area contributed by atoms with Crippen LogP contribution in [0.1, 0.15) is 36.7 Å². The van der Waals surface area contributed by atoms with Crippen LogP contribution in [0.4, 0.5) is 15.8 Å². The lowest BCUT2D eigenvalue weighted by Gasteiger charge is -2.22. The summed E-state index contributed by atoms with van der Waals surface area (Å²) in [6.07, 6.45) is 4.42. The Morgan fingerprint density at radius 1 is 1.24 bits per heavy atom. The van der Waals surface area contributed by atoms with E-state index in [2.05, 4.69) is 25.6 Å². The molecule has 1 N–H and O–H groups in total. The summed E-state index contributed by atoms with van der Waals surface area (Å²) in [7, 11) is 0. The smallest absolute Gasteiger partial charge is 0.269 e. The molecule has 0 radical (unpaired) electrons. The maximum absolute atomic E-state index is 13.6. The second-order valence-electron chi connectivity index (χ2n) is 8.24. The van der Waals surface area contributed by atoms with Crippen molar-refractivity contribution in [2.24, 2.45) is 0 Å². The number of carbonyl (C=O) groups is 1. The minimum absolute atomic E-state index is 0.000494. The van der Waals surface area contributed by atoms with Gasteiger partial charge < -0.3 is 10.2 Å². The molecule has 1 amide bonds. The Labute approximate surface area is 187 Å². The molecular weight excluding hydrogens is 427 g/mol. The molecule has 0 saturated carbocycles. The molecule has 0 fully saturated rings. The third kappa shape index (κ3) is 4.04. The normalized spacial score (nSPS) is 13.0. The van der Waals surface area contributed by atoms with Crippen LogP contribution in [0.5, 0.6) is 0 Å². The van der Waals surface area contributed by atoms with E-state index < -0.39 is 5.56 Å². The van der Waals surface area contributed by atoms with Gasteiger partial charge in [-0.05, 0) is 29.7 Å². The number of halogens is 1. The van der Waals surface area contributed by atoms with E-state index in [0.29, 0.717) is 35.8 Å². The van der Waals surface area contributed by atoms with Crippen LogP contribution in [-0.2, 0) is 24.4 Å². The number of carbonyl (C=O) groups excluding carboxylic acids is 1. The van der Waals surface area contributed by atoms with E-state index >= 15 is 0 Å². The minimum atomic E-state index is -0.395. The number of amides is 1. The summed E-state index contributed by atoms with van der Waals surface area (Å²) in [5.41, 5.74) is 3.73. The summed E-state index contributed by atoms with van der Waals surface area (Å²) in [6, 6.07) is 6.39. The van der Waals surface area contributed by atoms with Crippen molar-refractivity contribution in [3.05, 3.63) is 76.1 Å². The summed E-state index contributed by atoms with van der Waals surface area (Å²) in [6.45, 7) is 4.61. The number of nitrogens with zero attached hydrogens (tertiary/aromatic N) is 7. The molecule has 5 rings (SSSR count). The number of rotatable bonds is 5. The Bertz CT molecular complexity index is 1430. The Kier molecular flexibility index (Phi) is 5.08. The van der Waals surface area contributed by atoms with E-state index in [4.69, 9.17) is 0 Å². The molecule has 1 aliphatic heterocycles. The number of aromatic nitrogens is 6. The van der Waals surface area contributed by atoms with Crippen molar-refractivity contribution >= 4 is 22.9 Å². The van der Waals surface area contributed by atoms with Crippen LogP contribution in [0.2, 0.25) is 0 Å². The van der Waals surface area contributed by atoms with Gasteiger partial charge >= 0.3 is 0 Å². The zero-order valence-corrected chi connectivity index (χ0v) is 18.1. The Balaban J connectivity index is 1.38. The van der Waals surface area contributed by atoms with E-state index in [1.165, 1.54) is 24.7 Å². The van der Waals surface area contributed by atoms with Gasteiger partial charge in [0.25, 0.3) is 5.56 Å². The van der Waals surface area contributed by atoms with Gasteiger partial charge in [0.1, 0.15) is 18.7 Å². The molecule has 5 heterocycles. The van der Waals surface area contributed by atoms with Crippen LogP contribution in [-0.4, -0.2) is 35.3 Å². The van der Waals surface area contributed by atoms with Crippen molar-refractivity contribution in [3.8, 4) is 0 Å². The van der Waals surface area contributed by atoms with E-state index in [0.717, 1.165) is 15.9 Å². The highest BCUT2D eigenvalue weighted by atomic mass is 19.1. The zero-order chi connectivity index (χ0) is 23.1. The van der Waals surface area contributed by atoms with Crippen molar-refractivity contribution in [3.63, 3.8) is 0 Å². The van der Waals surface area contributed by atoms with Crippen LogP contribution in [0, 0.1) is 5.82 Å². The highest BCUT2D eigenvalue weighted by molar-refractivity contribution is 5.90. The predicted octanol–water partition coefficient (Wildman–Crippen LogP) is 2.10. The van der Waals surface area contributed by atoms with Crippen molar-refractivity contribution in [1.82, 2.24) is 29.4 Å². The largest absolute Gasteiger partial charge is 0.360 e. The second kappa shape index (κ2) is 8.08. The topological polar surface area (TPSA) is 110 Å². The predicted molar refractivity (Wildman–Crippen MR) is 118 cm³/mol. The zero-order valence-electron chi connectivity index (χ0n) is 18.1. The molecular formula is C22H21FN8O2. The van der Waals surface area contributed by atoms with Gasteiger partial charge in [-0.25, -0.2) is 9.07 Å². The van der Waals surface area contributed by atoms with Crippen LogP contribution in [0.25, 0.3) is 5.65 Å². The van der Waals surface area contributed by atoms with Crippen molar-refractivity contribution in [2.75, 3.05) is 10.2 Å². The molecule has 33 heavy (non-hydrogen) atoms. The SMILES string of the molecule is CC(C)c1nn(CC(=O)Nc2ccc3nncn3c2)c(=O)cc1N1Cc2cc(F)cnc2C1. The van der Waals surface area contributed by atoms with Gasteiger partial charge in [0.2, 0.25) is 5.91 Å². The number of hydrogen-bond donors (Lipinski definition) is 1. The molecule has 10 nitrogen and oxygen atoms in total. The third-order valence-electron chi connectivity index (χ3n) is 5.49. The van der Waals surface area contributed by atoms with Crippen molar-refractivity contribution in [2.45, 2.75) is 39.4 Å². The number of anilines is 2. The fourth-order valence-corrected chi connectivity index (χ4v) is 3.91. The van der Waals surface area contributed by atoms with Crippen LogP contribution in [0.3, 0.4) is 0 Å². The van der Waals surface area contributed by atoms with E-state index in [-0.39, 0.29) is 24.2 Å². The highest BCUT2D eigenvalue weighted by Crippen LogP contribution is 2.31. The van der Waals surface area contributed by atoms with Gasteiger partial charge in [-0.15, -0.1) is 10.2 Å². The lowest BCUT2D eigenvalue weighted by Crippen LogP contribution is -2.32. The van der Waals surface area contributed by atoms with Gasteiger partial charge in [-0.1, -0.05) is 13.8 Å². The van der Waals surface area contributed by atoms with Gasteiger partial charge in [-0.2, -0.15) is 5.10 Å². The highest BCUT2D eigenvalue weighted by Gasteiger charge is 2.25. The Morgan fingerprint density at radius 3 is 2.91 bits per heavy atom. The van der Waals surface area contributed by atoms with Gasteiger partial charge in [0.15, 0.2) is 5.65 Å². The summed E-state index contributed by atoms with van der Waals surface area (Å²) >= 11 is 0. The molecule has 0 spiro atoms. The molecule has 0 bridgehead atoms. The first-order valence-electron chi connectivity index (χ1n) is 10.5. The molecule has 0 aromatic carbocycles. The Morgan fingerprint density at radius 2 is 2.09 bits per heavy atom. The number of pyridine rings is 2. The number of fused-ring (bicyclic) bond motifs is 2. The van der Waals surface area contributed by atoms with Crippen LogP contribution >= 0.6 is 0 Å². The number of nitrogens with one attached hydrogen (secondary N) is 1. The lowest BCUT2D eigenvalue weighted by molar-refractivity contribution is -0.117. The molecule has 1 aliphatic rings. The maximum Gasteiger partial charge on any atom is 0.269 e. The molecule has 0 unspecified atom stereocenters. The van der Waals surface area contributed by atoms with Crippen molar-refractivity contribution in [1.29, 1.82) is 0 Å². The lowest BCUT2D eigenvalue weighted by atomic mass is 10.1. The van der Waals surface area contributed by atoms with Gasteiger partial charge in [-0.3, -0.25) is 19.0 Å². The quantitative estimate of drug-likeness (QED) is 0.498. The van der Waals surface area contributed by atoms with Gasteiger partial charge in [0.05, 0.1) is 35.5 Å². The van der Waals surface area contributed by atoms with Crippen molar-refractivity contribution < 1.29 is 9.18 Å². The minimum Gasteiger partial charge on any atom is -0.360 e. The summed E-state index contributed by atoms with van der Waals surface area (Å²) in [5.74, 6) is -0.769. The summed E-state index contributed by atoms with van der Waals surface area (Å²) in [4.78, 5) is 31.5. The third-order valence-corrected chi connectivity index (χ3v) is 5.49. The first-order valence-corrected chi connectivity index (χ1v) is 10.5. The van der Waals surface area contributed by atoms with E-state index in [1.807, 2.05) is 18.7 Å². The molecule has 0 atom stereocenters. The standard InChI is InChI=1S/C22H21FN8O2/c1-13(2)22-18(29-8-14-5-15(23)7-24-17(14)10-29)6-21(33)31(28-22)11-20(32)26-16-3-4-19-27-25-12-30(19)9-16/h3-7,9,12-13H,8,10-11H2,1-2H3,(H,26,32). The molecule has 11 heteroatoms. The van der Waals surface area contributed by atoms with Gasteiger partial charge in [0, 0.05) is 18.8 Å². The van der Waals surface area contributed by atoms with Crippen LogP contribution < -0.4 is 15.8 Å². The molecule has 0 saturated heterocycles. The fourth-order valence-electron chi connectivity index (χ4n) is 3.91. The molecule has 0 aliphatic carbocycles. The summed E-state index contributed by atoms with van der Waals surface area (Å²) in [5, 5.41) is 15.0. The average Bonchev–Trinajstić information content (AvgIpc) is 3.40. The van der Waals surface area contributed by atoms with E-state index in [9.17, 15) is 14.0 Å². The molecule has 4 aromatic rings.